The van der Waals surface area contributed by atoms with E-state index < -0.39 is 5.97 Å². The first-order chi connectivity index (χ1) is 7.72. The third-order valence-electron chi connectivity index (χ3n) is 2.19. The summed E-state index contributed by atoms with van der Waals surface area (Å²) in [7, 11) is 0. The number of rotatable bonds is 2. The maximum Gasteiger partial charge on any atom is 0.340 e. The van der Waals surface area contributed by atoms with Crippen molar-refractivity contribution in [2.24, 2.45) is 0 Å². The van der Waals surface area contributed by atoms with Crippen LogP contribution >= 0.6 is 0 Å². The lowest BCUT2D eigenvalue weighted by Crippen LogP contribution is -2.05. The zero-order chi connectivity index (χ0) is 11.5. The van der Waals surface area contributed by atoms with Gasteiger partial charge in [0.1, 0.15) is 5.75 Å². The van der Waals surface area contributed by atoms with Crippen molar-refractivity contribution in [2.75, 3.05) is 6.61 Å². The summed E-state index contributed by atoms with van der Waals surface area (Å²) in [6.07, 6.45) is 1.31. The molecule has 0 aliphatic rings. The van der Waals surface area contributed by atoms with Crippen molar-refractivity contribution in [3.8, 4) is 5.75 Å². The van der Waals surface area contributed by atoms with Crippen LogP contribution in [0, 0.1) is 0 Å². The summed E-state index contributed by atoms with van der Waals surface area (Å²) in [5, 5.41) is 10.00. The van der Waals surface area contributed by atoms with Crippen LogP contribution in [0.1, 0.15) is 17.3 Å². The molecule has 0 saturated heterocycles. The Balaban J connectivity index is 2.58. The van der Waals surface area contributed by atoms with Crippen LogP contribution in [0.2, 0.25) is 0 Å². The number of hydrogen-bond donors (Lipinski definition) is 1. The van der Waals surface area contributed by atoms with E-state index in [1.165, 1.54) is 6.20 Å². The molecule has 0 fully saturated rings. The number of fused-ring (bicyclic) bond motifs is 1. The van der Waals surface area contributed by atoms with Crippen molar-refractivity contribution in [1.82, 2.24) is 4.98 Å². The van der Waals surface area contributed by atoms with Gasteiger partial charge in [-0.3, -0.25) is 4.98 Å². The number of nitrogens with zero attached hydrogens (tertiary/aromatic N) is 1. The number of aromatic hydroxyl groups is 1. The lowest BCUT2D eigenvalue weighted by molar-refractivity contribution is 0.0528. The van der Waals surface area contributed by atoms with Crippen LogP contribution in [0.15, 0.2) is 30.5 Å². The van der Waals surface area contributed by atoms with Crippen LogP contribution in [-0.2, 0) is 4.74 Å². The molecular weight excluding hydrogens is 206 g/mol. The van der Waals surface area contributed by atoms with Crippen molar-refractivity contribution >= 4 is 16.9 Å². The maximum atomic E-state index is 11.6. The predicted octanol–water partition coefficient (Wildman–Crippen LogP) is 2.12. The van der Waals surface area contributed by atoms with Crippen LogP contribution in [0.4, 0.5) is 0 Å². The molecule has 0 bridgehead atoms. The highest BCUT2D eigenvalue weighted by Gasteiger charge is 2.11. The predicted molar refractivity (Wildman–Crippen MR) is 59.4 cm³/mol. The molecule has 1 heterocycles. The summed E-state index contributed by atoms with van der Waals surface area (Å²) < 4.78 is 4.92. The van der Waals surface area contributed by atoms with Crippen molar-refractivity contribution in [2.45, 2.75) is 6.92 Å². The van der Waals surface area contributed by atoms with Gasteiger partial charge in [-0.15, -0.1) is 0 Å². The molecule has 4 heteroatoms. The second-order valence-corrected chi connectivity index (χ2v) is 3.29. The molecule has 0 saturated carbocycles. The zero-order valence-electron chi connectivity index (χ0n) is 8.80. The normalized spacial score (nSPS) is 10.3. The minimum absolute atomic E-state index is 0.0773. The Morgan fingerprint density at radius 2 is 2.31 bits per heavy atom. The fraction of sp³-hybridized carbons (Fsp3) is 0.167. The van der Waals surface area contributed by atoms with Gasteiger partial charge in [-0.05, 0) is 19.1 Å². The summed E-state index contributed by atoms with van der Waals surface area (Å²) in [5.41, 5.74) is 0.957. The Morgan fingerprint density at radius 3 is 3.06 bits per heavy atom. The van der Waals surface area contributed by atoms with Gasteiger partial charge in [0.2, 0.25) is 0 Å². The molecule has 0 amide bonds. The van der Waals surface area contributed by atoms with Crippen molar-refractivity contribution in [1.29, 1.82) is 0 Å². The van der Waals surface area contributed by atoms with Gasteiger partial charge in [0.05, 0.1) is 23.9 Å². The number of benzene rings is 1. The van der Waals surface area contributed by atoms with Gasteiger partial charge >= 0.3 is 5.97 Å². The summed E-state index contributed by atoms with van der Waals surface area (Å²) in [4.78, 5) is 15.7. The average molecular weight is 217 g/mol. The molecule has 0 atom stereocenters. The molecule has 16 heavy (non-hydrogen) atoms. The molecule has 1 N–H and O–H groups in total. The first-order valence-corrected chi connectivity index (χ1v) is 4.97. The number of esters is 1. The molecular formula is C12H11NO3. The van der Waals surface area contributed by atoms with E-state index in [0.717, 1.165) is 0 Å². The summed E-state index contributed by atoms with van der Waals surface area (Å²) >= 11 is 0. The van der Waals surface area contributed by atoms with Gasteiger partial charge in [-0.2, -0.15) is 0 Å². The van der Waals surface area contributed by atoms with Gasteiger partial charge in [-0.25, -0.2) is 4.79 Å². The Bertz CT molecular complexity index is 537. The Morgan fingerprint density at radius 1 is 1.50 bits per heavy atom. The number of carbonyl (C=O) groups excluding carboxylic acids is 1. The third kappa shape index (κ3) is 1.82. The van der Waals surface area contributed by atoms with E-state index >= 15 is 0 Å². The molecule has 0 aliphatic carbocycles. The molecule has 2 rings (SSSR count). The van der Waals surface area contributed by atoms with E-state index in [2.05, 4.69) is 4.98 Å². The monoisotopic (exact) mass is 217 g/mol. The van der Waals surface area contributed by atoms with E-state index in [4.69, 9.17) is 4.74 Å². The highest BCUT2D eigenvalue weighted by molar-refractivity contribution is 6.02. The highest BCUT2D eigenvalue weighted by atomic mass is 16.5. The number of para-hydroxylation sites is 1. The highest BCUT2D eigenvalue weighted by Crippen LogP contribution is 2.20. The van der Waals surface area contributed by atoms with Crippen molar-refractivity contribution < 1.29 is 14.6 Å². The SMILES string of the molecule is CCOC(=O)c1cccc2cc(O)cnc12. The number of hydrogen-bond acceptors (Lipinski definition) is 4. The van der Waals surface area contributed by atoms with Crippen LogP contribution in [-0.4, -0.2) is 22.7 Å². The maximum absolute atomic E-state index is 11.6. The summed E-state index contributed by atoms with van der Waals surface area (Å²) in [6, 6.07) is 6.73. The molecule has 0 aliphatic heterocycles. The van der Waals surface area contributed by atoms with E-state index in [-0.39, 0.29) is 5.75 Å². The van der Waals surface area contributed by atoms with Crippen molar-refractivity contribution in [3.63, 3.8) is 0 Å². The molecule has 0 spiro atoms. The number of pyridine rings is 1. The number of aromatic nitrogens is 1. The number of ether oxygens (including phenoxy) is 1. The second-order valence-electron chi connectivity index (χ2n) is 3.29. The quantitative estimate of drug-likeness (QED) is 0.783. The van der Waals surface area contributed by atoms with Crippen LogP contribution in [0.5, 0.6) is 5.75 Å². The smallest absolute Gasteiger partial charge is 0.340 e. The van der Waals surface area contributed by atoms with Crippen LogP contribution in [0.25, 0.3) is 10.9 Å². The second kappa shape index (κ2) is 4.18. The largest absolute Gasteiger partial charge is 0.506 e. The third-order valence-corrected chi connectivity index (χ3v) is 2.19. The van der Waals surface area contributed by atoms with E-state index in [9.17, 15) is 9.90 Å². The molecule has 0 unspecified atom stereocenters. The molecule has 1 aromatic heterocycles. The molecule has 2 aromatic rings. The molecule has 0 radical (unpaired) electrons. The van der Waals surface area contributed by atoms with Gasteiger partial charge in [0.25, 0.3) is 0 Å². The number of carbonyl (C=O) groups is 1. The zero-order valence-corrected chi connectivity index (χ0v) is 8.80. The van der Waals surface area contributed by atoms with Gasteiger partial charge in [-0.1, -0.05) is 12.1 Å². The Labute approximate surface area is 92.5 Å². The first-order valence-electron chi connectivity index (χ1n) is 4.97. The Kier molecular flexibility index (Phi) is 2.72. The van der Waals surface area contributed by atoms with E-state index in [0.29, 0.717) is 23.1 Å². The summed E-state index contributed by atoms with van der Waals surface area (Å²) in [6.45, 7) is 2.08. The van der Waals surface area contributed by atoms with Gasteiger partial charge < -0.3 is 9.84 Å². The lowest BCUT2D eigenvalue weighted by atomic mass is 10.1. The fourth-order valence-corrected chi connectivity index (χ4v) is 1.52. The first kappa shape index (κ1) is 10.4. The molecule has 1 aromatic carbocycles. The van der Waals surface area contributed by atoms with E-state index in [1.54, 1.807) is 31.2 Å². The Hall–Kier alpha value is -2.10. The van der Waals surface area contributed by atoms with Crippen LogP contribution < -0.4 is 0 Å². The lowest BCUT2D eigenvalue weighted by Gasteiger charge is -2.05. The minimum atomic E-state index is -0.397. The minimum Gasteiger partial charge on any atom is -0.506 e. The van der Waals surface area contributed by atoms with E-state index in [1.807, 2.05) is 0 Å². The van der Waals surface area contributed by atoms with Gasteiger partial charge in [0.15, 0.2) is 0 Å². The molecule has 82 valence electrons. The van der Waals surface area contributed by atoms with Crippen LogP contribution in [0.3, 0.4) is 0 Å². The topological polar surface area (TPSA) is 59.4 Å². The standard InChI is InChI=1S/C12H11NO3/c1-2-16-12(15)10-5-3-4-8-6-9(14)7-13-11(8)10/h3-7,14H,2H2,1H3. The van der Waals surface area contributed by atoms with Crippen molar-refractivity contribution in [3.05, 3.63) is 36.0 Å². The molecule has 4 nitrogen and oxygen atoms in total. The summed E-state index contributed by atoms with van der Waals surface area (Å²) in [5.74, 6) is -0.320. The van der Waals surface area contributed by atoms with Gasteiger partial charge in [0, 0.05) is 5.39 Å². The average Bonchev–Trinajstić information content (AvgIpc) is 2.28. The fourth-order valence-electron chi connectivity index (χ4n) is 1.52.